The van der Waals surface area contributed by atoms with Crippen LogP contribution in [0.5, 0.6) is 0 Å². The molecule has 3 aromatic carbocycles. The normalized spacial score (nSPS) is 13.1. The molecule has 0 unspecified atom stereocenters. The van der Waals surface area contributed by atoms with E-state index >= 15 is 0 Å². The van der Waals surface area contributed by atoms with E-state index in [4.69, 9.17) is 11.6 Å². The zero-order chi connectivity index (χ0) is 22.2. The van der Waals surface area contributed by atoms with Crippen molar-refractivity contribution in [1.82, 2.24) is 5.43 Å². The quantitative estimate of drug-likeness (QED) is 0.299. The Labute approximate surface area is 193 Å². The van der Waals surface area contributed by atoms with Gasteiger partial charge in [-0.3, -0.25) is 9.59 Å². The number of nitrogens with one attached hydrogen (secondary N) is 1. The minimum absolute atomic E-state index is 0.00267. The molecule has 1 aliphatic rings. The lowest BCUT2D eigenvalue weighted by Gasteiger charge is -2.18. The fraction of sp³-hybridized carbons (Fsp3) is 0.0800. The Bertz CT molecular complexity index is 1390. The lowest BCUT2D eigenvalue weighted by molar-refractivity contribution is 0.0953. The third-order valence-electron chi connectivity index (χ3n) is 5.46. The molecular weight excluding hydrogens is 442 g/mol. The molecule has 5 rings (SSSR count). The van der Waals surface area contributed by atoms with Crippen LogP contribution in [0.4, 0.5) is 5.69 Å². The molecule has 1 aliphatic heterocycles. The average Bonchev–Trinajstić information content (AvgIpc) is 3.36. The highest BCUT2D eigenvalue weighted by molar-refractivity contribution is 7.18. The topological polar surface area (TPSA) is 61.8 Å². The van der Waals surface area contributed by atoms with Crippen molar-refractivity contribution in [1.29, 1.82) is 0 Å². The second-order valence-electron chi connectivity index (χ2n) is 7.51. The minimum Gasteiger partial charge on any atom is -0.303 e. The maximum atomic E-state index is 13.0. The van der Waals surface area contributed by atoms with Crippen molar-refractivity contribution in [3.8, 4) is 0 Å². The molecule has 4 aromatic rings. The molecule has 32 heavy (non-hydrogen) atoms. The predicted molar refractivity (Wildman–Crippen MR) is 130 cm³/mol. The van der Waals surface area contributed by atoms with Gasteiger partial charge in [0.2, 0.25) is 0 Å². The lowest BCUT2D eigenvalue weighted by Crippen LogP contribution is -2.26. The van der Waals surface area contributed by atoms with Crippen molar-refractivity contribution in [2.45, 2.75) is 13.5 Å². The Hall–Kier alpha value is -3.48. The molecule has 1 aromatic heterocycles. The molecule has 0 spiro atoms. The maximum absolute atomic E-state index is 13.0. The van der Waals surface area contributed by atoms with E-state index in [0.717, 1.165) is 32.5 Å². The number of rotatable bonds is 5. The molecule has 0 atom stereocenters. The zero-order valence-corrected chi connectivity index (χ0v) is 18.7. The first-order valence-electron chi connectivity index (χ1n) is 10.0. The van der Waals surface area contributed by atoms with E-state index < -0.39 is 0 Å². The smallest absolute Gasteiger partial charge is 0.271 e. The number of halogens is 1. The molecule has 5 nitrogen and oxygen atoms in total. The standard InChI is InChI=1S/C25H18ClN3O2S/c1-15(21-12-13-22(26)32-21)27-28-24(30)18-10-8-16(9-11-18)14-29-20-7-3-5-17-4-2-6-19(23(17)20)25(29)31/h2-13H,14H2,1H3,(H,28,30). The van der Waals surface area contributed by atoms with Gasteiger partial charge in [-0.25, -0.2) is 5.43 Å². The van der Waals surface area contributed by atoms with Gasteiger partial charge in [-0.05, 0) is 54.3 Å². The highest BCUT2D eigenvalue weighted by Crippen LogP contribution is 2.37. The Morgan fingerprint density at radius 3 is 2.50 bits per heavy atom. The van der Waals surface area contributed by atoms with Crippen molar-refractivity contribution < 1.29 is 9.59 Å². The van der Waals surface area contributed by atoms with Crippen LogP contribution in [0, 0.1) is 0 Å². The second kappa shape index (κ2) is 8.22. The van der Waals surface area contributed by atoms with E-state index in [1.54, 1.807) is 23.1 Å². The summed E-state index contributed by atoms with van der Waals surface area (Å²) in [6.45, 7) is 2.25. The molecule has 0 saturated heterocycles. The van der Waals surface area contributed by atoms with Gasteiger partial charge in [0.15, 0.2) is 0 Å². The molecule has 2 heterocycles. The first-order chi connectivity index (χ1) is 15.5. The summed E-state index contributed by atoms with van der Waals surface area (Å²) in [5, 5.41) is 6.22. The molecule has 0 bridgehead atoms. The first kappa shape index (κ1) is 20.4. The second-order valence-corrected chi connectivity index (χ2v) is 9.23. The number of carbonyl (C=O) groups excluding carboxylic acids is 2. The molecule has 0 fully saturated rings. The van der Waals surface area contributed by atoms with Crippen LogP contribution in [0.25, 0.3) is 10.8 Å². The monoisotopic (exact) mass is 459 g/mol. The molecule has 0 saturated carbocycles. The highest BCUT2D eigenvalue weighted by Gasteiger charge is 2.29. The summed E-state index contributed by atoms with van der Waals surface area (Å²) >= 11 is 7.35. The SMILES string of the molecule is CC(=NNC(=O)c1ccc(CN2C(=O)c3cccc4cccc2c34)cc1)c1ccc(Cl)s1. The van der Waals surface area contributed by atoms with E-state index in [-0.39, 0.29) is 11.8 Å². The Kier molecular flexibility index (Phi) is 5.25. The van der Waals surface area contributed by atoms with Gasteiger partial charge in [-0.2, -0.15) is 5.10 Å². The van der Waals surface area contributed by atoms with E-state index in [1.165, 1.54) is 11.3 Å². The molecule has 1 N–H and O–H groups in total. The van der Waals surface area contributed by atoms with Crippen molar-refractivity contribution in [2.75, 3.05) is 4.90 Å². The third kappa shape index (κ3) is 3.68. The largest absolute Gasteiger partial charge is 0.303 e. The van der Waals surface area contributed by atoms with Crippen molar-refractivity contribution in [2.24, 2.45) is 5.10 Å². The summed E-state index contributed by atoms with van der Waals surface area (Å²) < 4.78 is 0.673. The Morgan fingerprint density at radius 2 is 1.78 bits per heavy atom. The fourth-order valence-electron chi connectivity index (χ4n) is 3.84. The van der Waals surface area contributed by atoms with Crippen LogP contribution in [0.1, 0.15) is 38.1 Å². The lowest BCUT2D eigenvalue weighted by atomic mass is 10.1. The van der Waals surface area contributed by atoms with Gasteiger partial charge < -0.3 is 4.90 Å². The zero-order valence-electron chi connectivity index (χ0n) is 17.1. The molecule has 2 amide bonds. The molecule has 0 radical (unpaired) electrons. The van der Waals surface area contributed by atoms with Gasteiger partial charge >= 0.3 is 0 Å². The van der Waals surface area contributed by atoms with Gasteiger partial charge in [0, 0.05) is 16.5 Å². The summed E-state index contributed by atoms with van der Waals surface area (Å²) in [6, 6.07) is 22.6. The molecule has 0 aliphatic carbocycles. The number of amides is 2. The number of hydrogen-bond acceptors (Lipinski definition) is 4. The van der Waals surface area contributed by atoms with Crippen molar-refractivity contribution in [3.05, 3.63) is 98.7 Å². The van der Waals surface area contributed by atoms with Gasteiger partial charge in [-0.15, -0.1) is 11.3 Å². The van der Waals surface area contributed by atoms with Crippen molar-refractivity contribution in [3.63, 3.8) is 0 Å². The summed E-state index contributed by atoms with van der Waals surface area (Å²) in [4.78, 5) is 28.1. The number of hydrazone groups is 1. The molecular formula is C25H18ClN3O2S. The average molecular weight is 460 g/mol. The van der Waals surface area contributed by atoms with Crippen LogP contribution >= 0.6 is 22.9 Å². The first-order valence-corrected chi connectivity index (χ1v) is 11.2. The van der Waals surface area contributed by atoms with E-state index in [1.807, 2.05) is 61.5 Å². The summed E-state index contributed by atoms with van der Waals surface area (Å²) in [7, 11) is 0. The predicted octanol–water partition coefficient (Wildman–Crippen LogP) is 5.87. The van der Waals surface area contributed by atoms with Gasteiger partial charge in [0.05, 0.1) is 27.2 Å². The van der Waals surface area contributed by atoms with Crippen LogP contribution in [-0.2, 0) is 6.54 Å². The van der Waals surface area contributed by atoms with Crippen LogP contribution in [0.15, 0.2) is 77.9 Å². The number of nitrogens with zero attached hydrogens (tertiary/aromatic N) is 2. The number of benzene rings is 3. The maximum Gasteiger partial charge on any atom is 0.271 e. The van der Waals surface area contributed by atoms with Crippen LogP contribution in [0.2, 0.25) is 4.34 Å². The number of thiophene rings is 1. The minimum atomic E-state index is -0.298. The molecule has 7 heteroatoms. The number of hydrogen-bond donors (Lipinski definition) is 1. The fourth-order valence-corrected chi connectivity index (χ4v) is 4.83. The van der Waals surface area contributed by atoms with Crippen LogP contribution < -0.4 is 10.3 Å². The van der Waals surface area contributed by atoms with E-state index in [0.29, 0.717) is 22.2 Å². The summed E-state index contributed by atoms with van der Waals surface area (Å²) in [6.07, 6.45) is 0. The third-order valence-corrected chi connectivity index (χ3v) is 6.80. The van der Waals surface area contributed by atoms with Crippen LogP contribution in [-0.4, -0.2) is 17.5 Å². The number of carbonyl (C=O) groups is 2. The van der Waals surface area contributed by atoms with Gasteiger partial charge in [-0.1, -0.05) is 48.0 Å². The molecule has 158 valence electrons. The number of anilines is 1. The summed E-state index contributed by atoms with van der Waals surface area (Å²) in [5.74, 6) is -0.301. The van der Waals surface area contributed by atoms with E-state index in [2.05, 4.69) is 10.5 Å². The Balaban J connectivity index is 1.30. The van der Waals surface area contributed by atoms with Gasteiger partial charge in [0.1, 0.15) is 0 Å². The Morgan fingerprint density at radius 1 is 1.03 bits per heavy atom. The summed E-state index contributed by atoms with van der Waals surface area (Å²) in [5.41, 5.74) is 6.35. The highest BCUT2D eigenvalue weighted by atomic mass is 35.5. The van der Waals surface area contributed by atoms with Crippen molar-refractivity contribution >= 4 is 56.9 Å². The van der Waals surface area contributed by atoms with Crippen LogP contribution in [0.3, 0.4) is 0 Å². The van der Waals surface area contributed by atoms with E-state index in [9.17, 15) is 9.59 Å². The van der Waals surface area contributed by atoms with Gasteiger partial charge in [0.25, 0.3) is 11.8 Å².